The van der Waals surface area contributed by atoms with Gasteiger partial charge in [0.15, 0.2) is 0 Å². The van der Waals surface area contributed by atoms with Crippen LogP contribution in [0.5, 0.6) is 0 Å². The molecule has 1 aromatic carbocycles. The molecule has 1 aromatic rings. The number of carbonyl (C=O) groups is 1. The lowest BCUT2D eigenvalue weighted by molar-refractivity contribution is 0.0792. The maximum Gasteiger partial charge on any atom is 0.253 e. The third-order valence-corrected chi connectivity index (χ3v) is 4.63. The maximum atomic E-state index is 12.2. The van der Waals surface area contributed by atoms with Crippen LogP contribution in [0.2, 0.25) is 0 Å². The number of nitrogens with zero attached hydrogens (tertiary/aromatic N) is 1. The molecule has 0 atom stereocenters. The van der Waals surface area contributed by atoms with Crippen molar-refractivity contribution in [2.75, 3.05) is 13.1 Å². The van der Waals surface area contributed by atoms with Gasteiger partial charge in [-0.15, -0.1) is 11.8 Å². The van der Waals surface area contributed by atoms with Crippen molar-refractivity contribution < 1.29 is 4.79 Å². The summed E-state index contributed by atoms with van der Waals surface area (Å²) in [4.78, 5) is 15.4. The molecular weight excluding hydrogens is 230 g/mol. The molecule has 3 heteroatoms. The zero-order valence-electron chi connectivity index (χ0n) is 9.89. The van der Waals surface area contributed by atoms with Crippen LogP contribution in [-0.4, -0.2) is 29.1 Å². The highest BCUT2D eigenvalue weighted by Gasteiger charge is 2.23. The zero-order valence-corrected chi connectivity index (χ0v) is 10.7. The highest BCUT2D eigenvalue weighted by molar-refractivity contribution is 8.00. The van der Waals surface area contributed by atoms with Gasteiger partial charge < -0.3 is 4.90 Å². The third kappa shape index (κ3) is 2.65. The molecule has 0 radical (unpaired) electrons. The fourth-order valence-corrected chi connectivity index (χ4v) is 3.29. The summed E-state index contributed by atoms with van der Waals surface area (Å²) >= 11 is 1.91. The number of rotatable bonds is 3. The third-order valence-electron chi connectivity index (χ3n) is 3.30. The van der Waals surface area contributed by atoms with Crippen LogP contribution in [0.4, 0.5) is 0 Å². The molecule has 3 rings (SSSR count). The van der Waals surface area contributed by atoms with Crippen LogP contribution in [0, 0.1) is 0 Å². The number of thioether (sulfide) groups is 1. The van der Waals surface area contributed by atoms with E-state index in [1.54, 1.807) is 0 Å². The van der Waals surface area contributed by atoms with E-state index in [9.17, 15) is 4.79 Å². The largest absolute Gasteiger partial charge is 0.339 e. The van der Waals surface area contributed by atoms with Gasteiger partial charge in [0.05, 0.1) is 0 Å². The van der Waals surface area contributed by atoms with Gasteiger partial charge in [0.25, 0.3) is 5.91 Å². The van der Waals surface area contributed by atoms with E-state index in [4.69, 9.17) is 0 Å². The van der Waals surface area contributed by atoms with E-state index in [0.717, 1.165) is 36.7 Å². The fourth-order valence-electron chi connectivity index (χ4n) is 2.18. The van der Waals surface area contributed by atoms with Crippen molar-refractivity contribution in [3.63, 3.8) is 0 Å². The Kier molecular flexibility index (Phi) is 3.10. The Morgan fingerprint density at radius 3 is 2.71 bits per heavy atom. The summed E-state index contributed by atoms with van der Waals surface area (Å²) in [6.45, 7) is 1.86. The van der Waals surface area contributed by atoms with Gasteiger partial charge in [-0.1, -0.05) is 6.07 Å². The molecule has 2 nitrogen and oxygen atoms in total. The quantitative estimate of drug-likeness (QED) is 0.817. The summed E-state index contributed by atoms with van der Waals surface area (Å²) in [5, 5.41) is 0.798. The molecule has 0 N–H and O–H groups in total. The summed E-state index contributed by atoms with van der Waals surface area (Å²) in [5.41, 5.74) is 0.859. The molecule has 1 aliphatic carbocycles. The van der Waals surface area contributed by atoms with Crippen molar-refractivity contribution >= 4 is 17.7 Å². The van der Waals surface area contributed by atoms with Crippen LogP contribution in [0.15, 0.2) is 29.2 Å². The summed E-state index contributed by atoms with van der Waals surface area (Å²) in [6.07, 6.45) is 4.97. The average molecular weight is 247 g/mol. The summed E-state index contributed by atoms with van der Waals surface area (Å²) in [5.74, 6) is 0.209. The molecule has 2 fully saturated rings. The van der Waals surface area contributed by atoms with Crippen molar-refractivity contribution in [2.45, 2.75) is 35.8 Å². The van der Waals surface area contributed by atoms with Gasteiger partial charge >= 0.3 is 0 Å². The molecule has 90 valence electrons. The Labute approximate surface area is 106 Å². The lowest BCUT2D eigenvalue weighted by Crippen LogP contribution is -2.27. The normalized spacial score (nSPS) is 19.6. The van der Waals surface area contributed by atoms with E-state index < -0.39 is 0 Å². The molecular formula is C14H17NOS. The molecule has 0 unspecified atom stereocenters. The van der Waals surface area contributed by atoms with Crippen molar-refractivity contribution in [3.8, 4) is 0 Å². The molecule has 2 aliphatic rings. The van der Waals surface area contributed by atoms with Crippen LogP contribution >= 0.6 is 11.8 Å². The molecule has 1 aliphatic heterocycles. The number of hydrogen-bond acceptors (Lipinski definition) is 2. The predicted molar refractivity (Wildman–Crippen MR) is 70.5 cm³/mol. The highest BCUT2D eigenvalue weighted by Crippen LogP contribution is 2.39. The van der Waals surface area contributed by atoms with Gasteiger partial charge in [-0.25, -0.2) is 0 Å². The number of carbonyl (C=O) groups excluding carboxylic acids is 1. The van der Waals surface area contributed by atoms with E-state index in [1.807, 2.05) is 28.8 Å². The molecule has 0 aromatic heterocycles. The van der Waals surface area contributed by atoms with Crippen LogP contribution in [0.25, 0.3) is 0 Å². The van der Waals surface area contributed by atoms with E-state index in [-0.39, 0.29) is 5.91 Å². The number of hydrogen-bond donors (Lipinski definition) is 0. The topological polar surface area (TPSA) is 20.3 Å². The number of benzene rings is 1. The molecule has 0 bridgehead atoms. The van der Waals surface area contributed by atoms with Gasteiger partial charge in [0, 0.05) is 28.8 Å². The van der Waals surface area contributed by atoms with Gasteiger partial charge in [-0.05, 0) is 43.9 Å². The van der Waals surface area contributed by atoms with Crippen LogP contribution in [-0.2, 0) is 0 Å². The van der Waals surface area contributed by atoms with E-state index in [0.29, 0.717) is 0 Å². The number of likely N-dealkylation sites (tertiary alicyclic amines) is 1. The first-order valence-electron chi connectivity index (χ1n) is 6.39. The Morgan fingerprint density at radius 2 is 2.00 bits per heavy atom. The van der Waals surface area contributed by atoms with Crippen LogP contribution in [0.3, 0.4) is 0 Å². The Hall–Kier alpha value is -0.960. The SMILES string of the molecule is O=C(c1cccc(SC2CC2)c1)N1CCCC1. The zero-order chi connectivity index (χ0) is 11.7. The van der Waals surface area contributed by atoms with Crippen LogP contribution < -0.4 is 0 Å². The molecule has 0 spiro atoms. The first kappa shape index (κ1) is 11.1. The number of amides is 1. The lowest BCUT2D eigenvalue weighted by Gasteiger charge is -2.15. The average Bonchev–Trinajstić information content (AvgIpc) is 2.99. The summed E-state index contributed by atoms with van der Waals surface area (Å²) < 4.78 is 0. The molecule has 17 heavy (non-hydrogen) atoms. The van der Waals surface area contributed by atoms with Gasteiger partial charge in [-0.2, -0.15) is 0 Å². The van der Waals surface area contributed by atoms with Crippen molar-refractivity contribution in [1.29, 1.82) is 0 Å². The van der Waals surface area contributed by atoms with Gasteiger partial charge in [-0.3, -0.25) is 4.79 Å². The smallest absolute Gasteiger partial charge is 0.253 e. The van der Waals surface area contributed by atoms with Crippen LogP contribution in [0.1, 0.15) is 36.0 Å². The minimum Gasteiger partial charge on any atom is -0.339 e. The second kappa shape index (κ2) is 4.73. The first-order valence-corrected chi connectivity index (χ1v) is 7.27. The van der Waals surface area contributed by atoms with E-state index in [2.05, 4.69) is 12.1 Å². The standard InChI is InChI=1S/C14H17NOS/c16-14(15-8-1-2-9-15)11-4-3-5-13(10-11)17-12-6-7-12/h3-5,10,12H,1-2,6-9H2. The Bertz CT molecular complexity index is 422. The lowest BCUT2D eigenvalue weighted by atomic mass is 10.2. The monoisotopic (exact) mass is 247 g/mol. The van der Waals surface area contributed by atoms with E-state index in [1.165, 1.54) is 17.7 Å². The second-order valence-electron chi connectivity index (χ2n) is 4.84. The summed E-state index contributed by atoms with van der Waals surface area (Å²) in [7, 11) is 0. The van der Waals surface area contributed by atoms with Crippen molar-refractivity contribution in [3.05, 3.63) is 29.8 Å². The Balaban J connectivity index is 1.74. The van der Waals surface area contributed by atoms with Crippen molar-refractivity contribution in [1.82, 2.24) is 4.90 Å². The molecule has 1 saturated heterocycles. The molecule has 1 heterocycles. The predicted octanol–water partition coefficient (Wildman–Crippen LogP) is 3.18. The summed E-state index contributed by atoms with van der Waals surface area (Å²) in [6, 6.07) is 8.12. The van der Waals surface area contributed by atoms with Gasteiger partial charge in [0.2, 0.25) is 0 Å². The van der Waals surface area contributed by atoms with Gasteiger partial charge in [0.1, 0.15) is 0 Å². The second-order valence-corrected chi connectivity index (χ2v) is 6.22. The Morgan fingerprint density at radius 1 is 1.24 bits per heavy atom. The van der Waals surface area contributed by atoms with E-state index >= 15 is 0 Å². The minimum absolute atomic E-state index is 0.209. The maximum absolute atomic E-state index is 12.2. The molecule has 1 saturated carbocycles. The first-order chi connectivity index (χ1) is 8.33. The fraction of sp³-hybridized carbons (Fsp3) is 0.500. The van der Waals surface area contributed by atoms with Crippen molar-refractivity contribution in [2.24, 2.45) is 0 Å². The highest BCUT2D eigenvalue weighted by atomic mass is 32.2. The molecule has 1 amide bonds. The minimum atomic E-state index is 0.209.